The van der Waals surface area contributed by atoms with Crippen LogP contribution in [0.5, 0.6) is 5.75 Å². The van der Waals surface area contributed by atoms with Gasteiger partial charge in [0.15, 0.2) is 6.10 Å². The van der Waals surface area contributed by atoms with Crippen LogP contribution in [0.3, 0.4) is 0 Å². The van der Waals surface area contributed by atoms with Gasteiger partial charge >= 0.3 is 0 Å². The summed E-state index contributed by atoms with van der Waals surface area (Å²) in [6.07, 6.45) is 2.22. The molecule has 100 valence electrons. The van der Waals surface area contributed by atoms with Crippen LogP contribution in [0.1, 0.15) is 33.1 Å². The Morgan fingerprint density at radius 3 is 2.83 bits per heavy atom. The van der Waals surface area contributed by atoms with Crippen molar-refractivity contribution < 1.29 is 9.53 Å². The highest BCUT2D eigenvalue weighted by Gasteiger charge is 2.17. The number of rotatable bonds is 7. The zero-order chi connectivity index (χ0) is 13.4. The lowest BCUT2D eigenvalue weighted by atomic mass is 10.2. The molecular formula is C14H20ClNO2. The number of nitrogens with one attached hydrogen (secondary N) is 1. The molecular weight excluding hydrogens is 250 g/mol. The van der Waals surface area contributed by atoms with Crippen molar-refractivity contribution in [3.8, 4) is 5.75 Å². The van der Waals surface area contributed by atoms with E-state index < -0.39 is 6.10 Å². The number of halogens is 1. The van der Waals surface area contributed by atoms with Gasteiger partial charge in [-0.2, -0.15) is 0 Å². The first-order valence-electron chi connectivity index (χ1n) is 6.37. The number of hydrogen-bond acceptors (Lipinski definition) is 2. The summed E-state index contributed by atoms with van der Waals surface area (Å²) in [5, 5.41) is 3.48. The molecule has 0 saturated carbocycles. The number of carbonyl (C=O) groups excluding carboxylic acids is 1. The van der Waals surface area contributed by atoms with Crippen LogP contribution < -0.4 is 10.1 Å². The zero-order valence-corrected chi connectivity index (χ0v) is 11.7. The van der Waals surface area contributed by atoms with Crippen LogP contribution in [0.25, 0.3) is 0 Å². The minimum atomic E-state index is -0.458. The lowest BCUT2D eigenvalue weighted by molar-refractivity contribution is -0.128. The van der Waals surface area contributed by atoms with Crippen molar-refractivity contribution in [2.75, 3.05) is 6.54 Å². The van der Waals surface area contributed by atoms with Gasteiger partial charge in [0.1, 0.15) is 5.75 Å². The monoisotopic (exact) mass is 269 g/mol. The molecule has 1 N–H and O–H groups in total. The molecule has 0 unspecified atom stereocenters. The highest BCUT2D eigenvalue weighted by Crippen LogP contribution is 2.19. The summed E-state index contributed by atoms with van der Waals surface area (Å²) in [6.45, 7) is 4.71. The summed E-state index contributed by atoms with van der Waals surface area (Å²) < 4.78 is 5.64. The first-order chi connectivity index (χ1) is 8.67. The molecule has 0 spiro atoms. The van der Waals surface area contributed by atoms with Crippen LogP contribution in [0.15, 0.2) is 24.3 Å². The maximum atomic E-state index is 11.9. The summed E-state index contributed by atoms with van der Waals surface area (Å²) >= 11 is 5.87. The number of benzene rings is 1. The van der Waals surface area contributed by atoms with Gasteiger partial charge in [-0.3, -0.25) is 4.79 Å². The molecule has 0 aliphatic heterocycles. The normalized spacial score (nSPS) is 11.9. The van der Waals surface area contributed by atoms with Crippen molar-refractivity contribution in [1.82, 2.24) is 5.32 Å². The van der Waals surface area contributed by atoms with Gasteiger partial charge in [0.25, 0.3) is 5.91 Å². The van der Waals surface area contributed by atoms with Crippen LogP contribution >= 0.6 is 11.6 Å². The van der Waals surface area contributed by atoms with Crippen molar-refractivity contribution in [2.45, 2.75) is 39.2 Å². The molecule has 0 heterocycles. The molecule has 3 nitrogen and oxygen atoms in total. The fourth-order valence-corrected chi connectivity index (χ4v) is 1.71. The van der Waals surface area contributed by atoms with Crippen molar-refractivity contribution in [3.63, 3.8) is 0 Å². The fourth-order valence-electron chi connectivity index (χ4n) is 1.53. The molecule has 4 heteroatoms. The largest absolute Gasteiger partial charge is 0.481 e. The van der Waals surface area contributed by atoms with Crippen molar-refractivity contribution in [1.29, 1.82) is 0 Å². The lowest BCUT2D eigenvalue weighted by Crippen LogP contribution is -2.38. The Morgan fingerprint density at radius 2 is 2.22 bits per heavy atom. The molecule has 0 aliphatic rings. The Bertz CT molecular complexity index is 382. The molecule has 0 fully saturated rings. The van der Waals surface area contributed by atoms with E-state index in [1.807, 2.05) is 6.92 Å². The molecule has 0 aromatic heterocycles. The second kappa shape index (κ2) is 7.98. The number of unbranched alkanes of at least 4 members (excludes halogenated alkanes) is 1. The Balaban J connectivity index is 2.53. The molecule has 1 amide bonds. The van der Waals surface area contributed by atoms with Crippen molar-refractivity contribution in [3.05, 3.63) is 29.3 Å². The van der Waals surface area contributed by atoms with Crippen LogP contribution in [-0.2, 0) is 4.79 Å². The third-order valence-corrected chi connectivity index (χ3v) is 2.80. The SMILES string of the molecule is CCCCNC(=O)[C@H](CC)Oc1cccc(Cl)c1. The number of hydrogen-bond donors (Lipinski definition) is 1. The molecule has 0 aliphatic carbocycles. The fraction of sp³-hybridized carbons (Fsp3) is 0.500. The quantitative estimate of drug-likeness (QED) is 0.771. The average Bonchev–Trinajstić information content (AvgIpc) is 2.36. The van der Waals surface area contributed by atoms with Crippen molar-refractivity contribution in [2.24, 2.45) is 0 Å². The van der Waals surface area contributed by atoms with E-state index >= 15 is 0 Å². The van der Waals surface area contributed by atoms with Gasteiger partial charge in [-0.1, -0.05) is 37.9 Å². The highest BCUT2D eigenvalue weighted by molar-refractivity contribution is 6.30. The molecule has 18 heavy (non-hydrogen) atoms. The third kappa shape index (κ3) is 4.96. The van der Waals surface area contributed by atoms with E-state index in [0.717, 1.165) is 12.8 Å². The standard InChI is InChI=1S/C14H20ClNO2/c1-3-5-9-16-14(17)13(4-2)18-12-8-6-7-11(15)10-12/h6-8,10,13H,3-5,9H2,1-2H3,(H,16,17)/t13-/m0/s1. The minimum absolute atomic E-state index is 0.0640. The van der Waals surface area contributed by atoms with Gasteiger partial charge in [-0.15, -0.1) is 0 Å². The van der Waals surface area contributed by atoms with Gasteiger partial charge in [-0.05, 0) is 31.0 Å². The molecule has 0 bridgehead atoms. The van der Waals surface area contributed by atoms with Gasteiger partial charge in [0.05, 0.1) is 0 Å². The van der Waals surface area contributed by atoms with Crippen LogP contribution in [0.4, 0.5) is 0 Å². The summed E-state index contributed by atoms with van der Waals surface area (Å²) in [6, 6.07) is 7.09. The number of ether oxygens (including phenoxy) is 1. The molecule has 0 saturated heterocycles. The van der Waals surface area contributed by atoms with Gasteiger partial charge < -0.3 is 10.1 Å². The van der Waals surface area contributed by atoms with E-state index in [0.29, 0.717) is 23.7 Å². The summed E-state index contributed by atoms with van der Waals surface area (Å²) in [7, 11) is 0. The second-order valence-corrected chi connectivity index (χ2v) is 4.55. The smallest absolute Gasteiger partial charge is 0.261 e. The zero-order valence-electron chi connectivity index (χ0n) is 10.9. The Hall–Kier alpha value is -1.22. The number of carbonyl (C=O) groups is 1. The first kappa shape index (κ1) is 14.8. The van der Waals surface area contributed by atoms with E-state index in [1.165, 1.54) is 0 Å². The Morgan fingerprint density at radius 1 is 1.44 bits per heavy atom. The number of amides is 1. The summed E-state index contributed by atoms with van der Waals surface area (Å²) in [5.74, 6) is 0.561. The minimum Gasteiger partial charge on any atom is -0.481 e. The Kier molecular flexibility index (Phi) is 6.58. The summed E-state index contributed by atoms with van der Waals surface area (Å²) in [5.41, 5.74) is 0. The first-order valence-corrected chi connectivity index (χ1v) is 6.75. The lowest BCUT2D eigenvalue weighted by Gasteiger charge is -2.17. The van der Waals surface area contributed by atoms with E-state index in [1.54, 1.807) is 24.3 Å². The van der Waals surface area contributed by atoms with E-state index in [9.17, 15) is 4.79 Å². The van der Waals surface area contributed by atoms with Crippen LogP contribution in [0, 0.1) is 0 Å². The van der Waals surface area contributed by atoms with Crippen LogP contribution in [0.2, 0.25) is 5.02 Å². The molecule has 1 atom stereocenters. The maximum absolute atomic E-state index is 11.9. The highest BCUT2D eigenvalue weighted by atomic mass is 35.5. The van der Waals surface area contributed by atoms with Gasteiger partial charge in [0, 0.05) is 11.6 Å². The Labute approximate surface area is 113 Å². The average molecular weight is 270 g/mol. The summed E-state index contributed by atoms with van der Waals surface area (Å²) in [4.78, 5) is 11.9. The topological polar surface area (TPSA) is 38.3 Å². The molecule has 1 aromatic carbocycles. The maximum Gasteiger partial charge on any atom is 0.261 e. The van der Waals surface area contributed by atoms with Crippen molar-refractivity contribution >= 4 is 17.5 Å². The molecule has 0 radical (unpaired) electrons. The molecule has 1 rings (SSSR count). The predicted molar refractivity (Wildman–Crippen MR) is 74.1 cm³/mol. The van der Waals surface area contributed by atoms with E-state index in [2.05, 4.69) is 12.2 Å². The second-order valence-electron chi connectivity index (χ2n) is 4.12. The van der Waals surface area contributed by atoms with Gasteiger partial charge in [-0.25, -0.2) is 0 Å². The van der Waals surface area contributed by atoms with Gasteiger partial charge in [0.2, 0.25) is 0 Å². The third-order valence-electron chi connectivity index (χ3n) is 2.57. The van der Waals surface area contributed by atoms with E-state index in [4.69, 9.17) is 16.3 Å². The predicted octanol–water partition coefficient (Wildman–Crippen LogP) is 3.41. The van der Waals surface area contributed by atoms with E-state index in [-0.39, 0.29) is 5.91 Å². The molecule has 1 aromatic rings. The van der Waals surface area contributed by atoms with Crippen LogP contribution in [-0.4, -0.2) is 18.6 Å².